The summed E-state index contributed by atoms with van der Waals surface area (Å²) in [5.41, 5.74) is 0.0961. The molecular formula is C8H14Cl2. The molecule has 0 N–H and O–H groups in total. The highest BCUT2D eigenvalue weighted by Gasteiger charge is 2.19. The molecule has 10 heavy (non-hydrogen) atoms. The third-order valence-corrected chi connectivity index (χ3v) is 2.19. The minimum Gasteiger partial charge on any atom is -0.0712 e. The zero-order valence-electron chi connectivity index (χ0n) is 6.91. The van der Waals surface area contributed by atoms with Crippen molar-refractivity contribution >= 4 is 23.2 Å². The summed E-state index contributed by atoms with van der Waals surface area (Å²) < 4.78 is 0.360. The molecule has 2 heteroatoms. The Bertz CT molecular complexity index is 130. The smallest absolute Gasteiger partial charge is 0.0712 e. The number of allylic oxidation sites excluding steroid dienone is 1. The van der Waals surface area contributed by atoms with Crippen molar-refractivity contribution in [2.45, 2.75) is 27.7 Å². The number of rotatable bonds is 2. The summed E-state index contributed by atoms with van der Waals surface area (Å²) in [5.74, 6) is 0.556. The lowest BCUT2D eigenvalue weighted by atomic mass is 9.82. The summed E-state index contributed by atoms with van der Waals surface area (Å²) in [7, 11) is 0. The quantitative estimate of drug-likeness (QED) is 0.604. The first-order valence-electron chi connectivity index (χ1n) is 3.40. The second-order valence-electron chi connectivity index (χ2n) is 3.41. The fraction of sp³-hybridized carbons (Fsp3) is 0.750. The number of halogens is 2. The van der Waals surface area contributed by atoms with Crippen LogP contribution < -0.4 is 0 Å². The van der Waals surface area contributed by atoms with Crippen LogP contribution in [0.1, 0.15) is 27.7 Å². The molecule has 0 aliphatic carbocycles. The highest BCUT2D eigenvalue weighted by Crippen LogP contribution is 2.30. The van der Waals surface area contributed by atoms with E-state index in [1.165, 1.54) is 0 Å². The van der Waals surface area contributed by atoms with Gasteiger partial charge in [0, 0.05) is 0 Å². The van der Waals surface area contributed by atoms with Gasteiger partial charge in [-0.3, -0.25) is 0 Å². The van der Waals surface area contributed by atoms with E-state index in [0.29, 0.717) is 10.4 Å². The van der Waals surface area contributed by atoms with Gasteiger partial charge in [-0.25, -0.2) is 0 Å². The average molecular weight is 181 g/mol. The Kier molecular flexibility index (Phi) is 3.75. The fourth-order valence-corrected chi connectivity index (χ4v) is 1.01. The van der Waals surface area contributed by atoms with Gasteiger partial charge in [0.2, 0.25) is 0 Å². The van der Waals surface area contributed by atoms with E-state index < -0.39 is 0 Å². The average Bonchev–Trinajstić information content (AvgIpc) is 1.60. The van der Waals surface area contributed by atoms with Gasteiger partial charge < -0.3 is 0 Å². The SMILES string of the molecule is CC(C)C(C)(C)C=C(Cl)Cl. The first-order chi connectivity index (χ1) is 4.36. The molecule has 0 unspecified atom stereocenters. The van der Waals surface area contributed by atoms with Crippen LogP contribution in [0.4, 0.5) is 0 Å². The Morgan fingerprint density at radius 1 is 1.30 bits per heavy atom. The fourth-order valence-electron chi connectivity index (χ4n) is 0.448. The molecule has 60 valence electrons. The Balaban J connectivity index is 4.27. The van der Waals surface area contributed by atoms with Gasteiger partial charge in [0.1, 0.15) is 4.49 Å². The van der Waals surface area contributed by atoms with Crippen molar-refractivity contribution in [3.8, 4) is 0 Å². The molecule has 0 heterocycles. The molecule has 0 aromatic rings. The summed E-state index contributed by atoms with van der Waals surface area (Å²) in [6, 6.07) is 0. The predicted molar refractivity (Wildman–Crippen MR) is 48.4 cm³/mol. The molecule has 0 aromatic carbocycles. The topological polar surface area (TPSA) is 0 Å². The maximum Gasteiger partial charge on any atom is 0.103 e. The minimum atomic E-state index is 0.0961. The normalized spacial score (nSPS) is 11.9. The highest BCUT2D eigenvalue weighted by atomic mass is 35.5. The summed E-state index contributed by atoms with van der Waals surface area (Å²) in [6.45, 7) is 8.52. The Hall–Kier alpha value is 0.320. The molecule has 0 fully saturated rings. The van der Waals surface area contributed by atoms with E-state index >= 15 is 0 Å². The first kappa shape index (κ1) is 10.3. The molecule has 0 atom stereocenters. The van der Waals surface area contributed by atoms with Crippen LogP contribution in [0.25, 0.3) is 0 Å². The largest absolute Gasteiger partial charge is 0.103 e. The van der Waals surface area contributed by atoms with Crippen LogP contribution in [0.15, 0.2) is 10.6 Å². The van der Waals surface area contributed by atoms with Crippen LogP contribution in [0, 0.1) is 11.3 Å². The molecule has 0 saturated heterocycles. The lowest BCUT2D eigenvalue weighted by Crippen LogP contribution is -2.15. The van der Waals surface area contributed by atoms with Gasteiger partial charge in [0.05, 0.1) is 0 Å². The first-order valence-corrected chi connectivity index (χ1v) is 4.15. The third-order valence-electron chi connectivity index (χ3n) is 1.97. The maximum absolute atomic E-state index is 5.53. The molecule has 0 spiro atoms. The van der Waals surface area contributed by atoms with Gasteiger partial charge in [-0.1, -0.05) is 50.9 Å². The number of hydrogen-bond acceptors (Lipinski definition) is 0. The third kappa shape index (κ3) is 3.48. The molecular weight excluding hydrogens is 167 g/mol. The summed E-state index contributed by atoms with van der Waals surface area (Å²) in [5, 5.41) is 0. The Labute approximate surface area is 73.2 Å². The number of hydrogen-bond donors (Lipinski definition) is 0. The van der Waals surface area contributed by atoms with Crippen molar-refractivity contribution in [3.05, 3.63) is 10.6 Å². The van der Waals surface area contributed by atoms with Gasteiger partial charge in [-0.2, -0.15) is 0 Å². The van der Waals surface area contributed by atoms with Crippen LogP contribution in [0.3, 0.4) is 0 Å². The van der Waals surface area contributed by atoms with E-state index in [1.54, 1.807) is 0 Å². The van der Waals surface area contributed by atoms with Crippen LogP contribution >= 0.6 is 23.2 Å². The zero-order valence-corrected chi connectivity index (χ0v) is 8.42. The Morgan fingerprint density at radius 2 is 1.70 bits per heavy atom. The van der Waals surface area contributed by atoms with Crippen LogP contribution in [-0.2, 0) is 0 Å². The Morgan fingerprint density at radius 3 is 1.80 bits per heavy atom. The lowest BCUT2D eigenvalue weighted by molar-refractivity contribution is 0.333. The van der Waals surface area contributed by atoms with Crippen molar-refractivity contribution < 1.29 is 0 Å². The zero-order chi connectivity index (χ0) is 8.36. The maximum atomic E-state index is 5.53. The van der Waals surface area contributed by atoms with Crippen molar-refractivity contribution in [2.24, 2.45) is 11.3 Å². The van der Waals surface area contributed by atoms with Crippen LogP contribution in [0.2, 0.25) is 0 Å². The lowest BCUT2D eigenvalue weighted by Gasteiger charge is -2.24. The van der Waals surface area contributed by atoms with Gasteiger partial charge in [0.25, 0.3) is 0 Å². The summed E-state index contributed by atoms with van der Waals surface area (Å²) in [4.78, 5) is 0. The van der Waals surface area contributed by atoms with Crippen molar-refractivity contribution in [1.82, 2.24) is 0 Å². The predicted octanol–water partition coefficient (Wildman–Crippen LogP) is 3.99. The van der Waals surface area contributed by atoms with Gasteiger partial charge in [-0.15, -0.1) is 0 Å². The van der Waals surface area contributed by atoms with Crippen molar-refractivity contribution in [2.75, 3.05) is 0 Å². The van der Waals surface area contributed by atoms with E-state index in [9.17, 15) is 0 Å². The molecule has 0 rings (SSSR count). The summed E-state index contributed by atoms with van der Waals surface area (Å²) >= 11 is 11.1. The molecule has 0 amide bonds. The van der Waals surface area contributed by atoms with Crippen LogP contribution in [-0.4, -0.2) is 0 Å². The standard InChI is InChI=1S/C8H14Cl2/c1-6(2)8(3,4)5-7(9)10/h5-6H,1-4H3. The molecule has 0 bridgehead atoms. The van der Waals surface area contributed by atoms with E-state index in [1.807, 2.05) is 6.08 Å². The molecule has 0 radical (unpaired) electrons. The molecule has 0 aliphatic heterocycles. The molecule has 0 nitrogen and oxygen atoms in total. The van der Waals surface area contributed by atoms with E-state index in [4.69, 9.17) is 23.2 Å². The molecule has 0 saturated carbocycles. The molecule has 0 aromatic heterocycles. The van der Waals surface area contributed by atoms with E-state index in [0.717, 1.165) is 0 Å². The second-order valence-corrected chi connectivity index (χ2v) is 4.42. The highest BCUT2D eigenvalue weighted by molar-refractivity contribution is 6.55. The van der Waals surface area contributed by atoms with Gasteiger partial charge >= 0.3 is 0 Å². The molecule has 0 aliphatic rings. The van der Waals surface area contributed by atoms with Gasteiger partial charge in [-0.05, 0) is 17.4 Å². The minimum absolute atomic E-state index is 0.0961. The van der Waals surface area contributed by atoms with Crippen molar-refractivity contribution in [1.29, 1.82) is 0 Å². The van der Waals surface area contributed by atoms with E-state index in [-0.39, 0.29) is 5.41 Å². The summed E-state index contributed by atoms with van der Waals surface area (Å²) in [6.07, 6.45) is 1.88. The second kappa shape index (κ2) is 3.64. The van der Waals surface area contributed by atoms with Crippen LogP contribution in [0.5, 0.6) is 0 Å². The van der Waals surface area contributed by atoms with E-state index in [2.05, 4.69) is 27.7 Å². The van der Waals surface area contributed by atoms with Crippen molar-refractivity contribution in [3.63, 3.8) is 0 Å². The van der Waals surface area contributed by atoms with Gasteiger partial charge in [0.15, 0.2) is 0 Å². The monoisotopic (exact) mass is 180 g/mol.